The van der Waals surface area contributed by atoms with Gasteiger partial charge in [-0.3, -0.25) is 4.98 Å². The van der Waals surface area contributed by atoms with Crippen LogP contribution in [0.1, 0.15) is 11.6 Å². The number of nitrogens with one attached hydrogen (secondary N) is 1. The Bertz CT molecular complexity index is 1130. The summed E-state index contributed by atoms with van der Waals surface area (Å²) in [6.45, 7) is 0.671. The molecule has 1 N–H and O–H groups in total. The molecule has 0 unspecified atom stereocenters. The molecule has 0 fully saturated rings. The van der Waals surface area contributed by atoms with E-state index >= 15 is 0 Å². The van der Waals surface area contributed by atoms with Crippen LogP contribution in [0.4, 0.5) is 5.82 Å². The molecule has 2 aromatic carbocycles. The molecule has 0 bridgehead atoms. The fourth-order valence-electron chi connectivity index (χ4n) is 3.55. The van der Waals surface area contributed by atoms with Crippen molar-refractivity contribution in [1.29, 1.82) is 0 Å². The average Bonchev–Trinajstić information content (AvgIpc) is 2.79. The summed E-state index contributed by atoms with van der Waals surface area (Å²) >= 11 is 0. The van der Waals surface area contributed by atoms with Crippen LogP contribution in [0.3, 0.4) is 0 Å². The van der Waals surface area contributed by atoms with Crippen molar-refractivity contribution in [3.63, 3.8) is 0 Å². The SMILES string of the molecule is COc1ccccc1[C@@H](CNc1nc(-c2ccncc2)nc2ccccc12)N(C)C. The number of hydrogen-bond donors (Lipinski definition) is 1. The van der Waals surface area contributed by atoms with E-state index in [-0.39, 0.29) is 6.04 Å². The number of rotatable bonds is 7. The average molecular weight is 399 g/mol. The number of methoxy groups -OCH3 is 1. The van der Waals surface area contributed by atoms with Crippen LogP contribution in [0.15, 0.2) is 73.1 Å². The fourth-order valence-corrected chi connectivity index (χ4v) is 3.55. The summed E-state index contributed by atoms with van der Waals surface area (Å²) < 4.78 is 5.59. The van der Waals surface area contributed by atoms with Gasteiger partial charge in [-0.25, -0.2) is 9.97 Å². The maximum absolute atomic E-state index is 5.59. The molecule has 4 aromatic rings. The van der Waals surface area contributed by atoms with Crippen molar-refractivity contribution >= 4 is 16.7 Å². The Kier molecular flexibility index (Phi) is 5.86. The second kappa shape index (κ2) is 8.88. The minimum Gasteiger partial charge on any atom is -0.496 e. The van der Waals surface area contributed by atoms with E-state index in [1.54, 1.807) is 19.5 Å². The van der Waals surface area contributed by atoms with Crippen molar-refractivity contribution in [3.05, 3.63) is 78.6 Å². The molecule has 2 aromatic heterocycles. The van der Waals surface area contributed by atoms with E-state index in [9.17, 15) is 0 Å². The van der Waals surface area contributed by atoms with Crippen LogP contribution in [-0.2, 0) is 0 Å². The van der Waals surface area contributed by atoms with Gasteiger partial charge in [-0.05, 0) is 44.4 Å². The van der Waals surface area contributed by atoms with Gasteiger partial charge in [-0.15, -0.1) is 0 Å². The summed E-state index contributed by atoms with van der Waals surface area (Å²) in [7, 11) is 5.84. The van der Waals surface area contributed by atoms with Gasteiger partial charge in [0.1, 0.15) is 11.6 Å². The van der Waals surface area contributed by atoms with Crippen molar-refractivity contribution in [2.45, 2.75) is 6.04 Å². The van der Waals surface area contributed by atoms with Gasteiger partial charge in [-0.2, -0.15) is 0 Å². The van der Waals surface area contributed by atoms with Gasteiger partial charge in [0.2, 0.25) is 0 Å². The highest BCUT2D eigenvalue weighted by molar-refractivity contribution is 5.90. The first-order valence-corrected chi connectivity index (χ1v) is 9.88. The van der Waals surface area contributed by atoms with Gasteiger partial charge in [0.15, 0.2) is 5.82 Å². The lowest BCUT2D eigenvalue weighted by Gasteiger charge is -2.27. The van der Waals surface area contributed by atoms with Crippen LogP contribution in [-0.4, -0.2) is 47.6 Å². The first-order valence-electron chi connectivity index (χ1n) is 9.88. The minimum absolute atomic E-state index is 0.110. The molecule has 6 nitrogen and oxygen atoms in total. The van der Waals surface area contributed by atoms with E-state index in [0.717, 1.165) is 33.6 Å². The smallest absolute Gasteiger partial charge is 0.162 e. The molecule has 0 saturated carbocycles. The number of likely N-dealkylation sites (N-methyl/N-ethyl adjacent to an activating group) is 1. The van der Waals surface area contributed by atoms with Crippen LogP contribution < -0.4 is 10.1 Å². The highest BCUT2D eigenvalue weighted by atomic mass is 16.5. The molecule has 30 heavy (non-hydrogen) atoms. The second-order valence-corrected chi connectivity index (χ2v) is 7.25. The monoisotopic (exact) mass is 399 g/mol. The zero-order chi connectivity index (χ0) is 20.9. The Balaban J connectivity index is 1.70. The van der Waals surface area contributed by atoms with Crippen LogP contribution in [0.2, 0.25) is 0 Å². The molecule has 0 aliphatic rings. The zero-order valence-corrected chi connectivity index (χ0v) is 17.4. The summed E-state index contributed by atoms with van der Waals surface area (Å²) in [5.74, 6) is 2.37. The number of hydrogen-bond acceptors (Lipinski definition) is 6. The molecule has 0 spiro atoms. The predicted octanol–water partition coefficient (Wildman–Crippen LogP) is 4.42. The number of aromatic nitrogens is 3. The van der Waals surface area contributed by atoms with E-state index in [1.807, 2.05) is 54.6 Å². The first-order chi connectivity index (χ1) is 14.7. The molecule has 0 amide bonds. The summed E-state index contributed by atoms with van der Waals surface area (Å²) in [4.78, 5) is 15.9. The van der Waals surface area contributed by atoms with Gasteiger partial charge in [0.25, 0.3) is 0 Å². The number of pyridine rings is 1. The number of nitrogens with zero attached hydrogens (tertiary/aromatic N) is 4. The highest BCUT2D eigenvalue weighted by Crippen LogP contribution is 2.30. The van der Waals surface area contributed by atoms with Crippen LogP contribution in [0, 0.1) is 0 Å². The normalized spacial score (nSPS) is 12.1. The molecule has 152 valence electrons. The number of ether oxygens (including phenoxy) is 1. The van der Waals surface area contributed by atoms with Gasteiger partial charge in [-0.1, -0.05) is 30.3 Å². The summed E-state index contributed by atoms with van der Waals surface area (Å²) in [6, 6.07) is 20.1. The lowest BCUT2D eigenvalue weighted by molar-refractivity contribution is 0.300. The van der Waals surface area contributed by atoms with E-state index < -0.39 is 0 Å². The summed E-state index contributed by atoms with van der Waals surface area (Å²) in [5.41, 5.74) is 2.97. The van der Waals surface area contributed by atoms with Gasteiger partial charge < -0.3 is 15.0 Å². The largest absolute Gasteiger partial charge is 0.496 e. The number of benzene rings is 2. The van der Waals surface area contributed by atoms with E-state index in [4.69, 9.17) is 14.7 Å². The molecule has 6 heteroatoms. The predicted molar refractivity (Wildman–Crippen MR) is 121 cm³/mol. The van der Waals surface area contributed by atoms with E-state index in [1.165, 1.54) is 0 Å². The summed E-state index contributed by atoms with van der Waals surface area (Å²) in [6.07, 6.45) is 3.51. The van der Waals surface area contributed by atoms with Gasteiger partial charge in [0.05, 0.1) is 18.7 Å². The third-order valence-corrected chi connectivity index (χ3v) is 5.13. The van der Waals surface area contributed by atoms with Crippen molar-refractivity contribution in [1.82, 2.24) is 19.9 Å². The Labute approximate surface area is 176 Å². The number of anilines is 1. The Morgan fingerprint density at radius 1 is 0.933 bits per heavy atom. The Morgan fingerprint density at radius 3 is 2.43 bits per heavy atom. The molecule has 0 aliphatic heterocycles. The molecule has 1 atom stereocenters. The molecule has 4 rings (SSSR count). The minimum atomic E-state index is 0.110. The Hall–Kier alpha value is -3.51. The lowest BCUT2D eigenvalue weighted by atomic mass is 10.0. The third-order valence-electron chi connectivity index (χ3n) is 5.13. The van der Waals surface area contributed by atoms with Crippen molar-refractivity contribution in [2.24, 2.45) is 0 Å². The van der Waals surface area contributed by atoms with Crippen molar-refractivity contribution < 1.29 is 4.74 Å². The standard InChI is InChI=1S/C24H25N5O/c1-29(2)21(19-9-5-7-11-22(19)30-3)16-26-24-18-8-4-6-10-20(18)27-23(28-24)17-12-14-25-15-13-17/h4-15,21H,16H2,1-3H3,(H,26,27,28)/t21-/m1/s1. The Morgan fingerprint density at radius 2 is 1.67 bits per heavy atom. The van der Waals surface area contributed by atoms with E-state index in [2.05, 4.69) is 35.4 Å². The van der Waals surface area contributed by atoms with Crippen molar-refractivity contribution in [2.75, 3.05) is 33.1 Å². The van der Waals surface area contributed by atoms with Gasteiger partial charge >= 0.3 is 0 Å². The van der Waals surface area contributed by atoms with Crippen LogP contribution in [0.5, 0.6) is 5.75 Å². The molecule has 0 aliphatic carbocycles. The molecule has 0 saturated heterocycles. The maximum Gasteiger partial charge on any atom is 0.162 e. The quantitative estimate of drug-likeness (QED) is 0.496. The molecule has 2 heterocycles. The van der Waals surface area contributed by atoms with Gasteiger partial charge in [0, 0.05) is 35.5 Å². The number of para-hydroxylation sites is 2. The summed E-state index contributed by atoms with van der Waals surface area (Å²) in [5, 5.41) is 4.56. The topological polar surface area (TPSA) is 63.2 Å². The first kappa shape index (κ1) is 19.8. The molecule has 0 radical (unpaired) electrons. The third kappa shape index (κ3) is 4.09. The van der Waals surface area contributed by atoms with Crippen LogP contribution in [0.25, 0.3) is 22.3 Å². The highest BCUT2D eigenvalue weighted by Gasteiger charge is 2.19. The van der Waals surface area contributed by atoms with E-state index in [0.29, 0.717) is 12.4 Å². The maximum atomic E-state index is 5.59. The number of fused-ring (bicyclic) bond motifs is 1. The van der Waals surface area contributed by atoms with Crippen LogP contribution >= 0.6 is 0 Å². The van der Waals surface area contributed by atoms with Crippen molar-refractivity contribution in [3.8, 4) is 17.1 Å². The fraction of sp³-hybridized carbons (Fsp3) is 0.208. The molecular formula is C24H25N5O. The second-order valence-electron chi connectivity index (χ2n) is 7.25. The molecular weight excluding hydrogens is 374 g/mol. The lowest BCUT2D eigenvalue weighted by Crippen LogP contribution is -2.27. The zero-order valence-electron chi connectivity index (χ0n) is 17.4.